The summed E-state index contributed by atoms with van der Waals surface area (Å²) in [5.41, 5.74) is 5.10. The average molecular weight is 388 g/mol. The van der Waals surface area contributed by atoms with Gasteiger partial charge < -0.3 is 15.2 Å². The van der Waals surface area contributed by atoms with Crippen LogP contribution in [0.15, 0.2) is 24.4 Å². The van der Waals surface area contributed by atoms with Gasteiger partial charge in [0, 0.05) is 37.8 Å². The Morgan fingerprint density at radius 1 is 1.26 bits per heavy atom. The number of amides is 1. The lowest BCUT2D eigenvalue weighted by Crippen LogP contribution is -2.41. The maximum absolute atomic E-state index is 13.7. The molecule has 27 heavy (non-hydrogen) atoms. The summed E-state index contributed by atoms with van der Waals surface area (Å²) in [6.45, 7) is 0.385. The van der Waals surface area contributed by atoms with E-state index in [2.05, 4.69) is 4.98 Å². The highest BCUT2D eigenvalue weighted by Crippen LogP contribution is 2.29. The second-order valence-corrected chi connectivity index (χ2v) is 6.45. The van der Waals surface area contributed by atoms with E-state index >= 15 is 0 Å². The molecule has 1 amide bonds. The minimum atomic E-state index is -4.54. The number of benzene rings is 1. The topological polar surface area (TPSA) is 64.2 Å². The third-order valence-corrected chi connectivity index (χ3v) is 4.38. The molecule has 10 heteroatoms. The normalized spacial score (nSPS) is 15.6. The van der Waals surface area contributed by atoms with Gasteiger partial charge >= 0.3 is 6.18 Å². The van der Waals surface area contributed by atoms with E-state index in [1.807, 2.05) is 0 Å². The van der Waals surface area contributed by atoms with Crippen LogP contribution in [0.5, 0.6) is 0 Å². The fraction of sp³-hybridized carbons (Fsp3) is 0.412. The monoisotopic (exact) mass is 388 g/mol. The van der Waals surface area contributed by atoms with Gasteiger partial charge in [-0.25, -0.2) is 13.8 Å². The van der Waals surface area contributed by atoms with Gasteiger partial charge in [0.15, 0.2) is 5.69 Å². The highest BCUT2D eigenvalue weighted by atomic mass is 19.4. The van der Waals surface area contributed by atoms with Crippen LogP contribution in [-0.4, -0.2) is 32.9 Å². The first-order valence-electron chi connectivity index (χ1n) is 8.24. The summed E-state index contributed by atoms with van der Waals surface area (Å²) in [7, 11) is 0. The Balaban J connectivity index is 1.61. The van der Waals surface area contributed by atoms with E-state index in [0.29, 0.717) is 0 Å². The molecule has 0 bridgehead atoms. The third-order valence-electron chi connectivity index (χ3n) is 4.38. The minimum Gasteiger partial charge on any atom is -0.333 e. The molecule has 0 spiro atoms. The second-order valence-electron chi connectivity index (χ2n) is 6.45. The molecular formula is C17H17F5N4O. The van der Waals surface area contributed by atoms with Gasteiger partial charge in [0.2, 0.25) is 5.91 Å². The number of fused-ring (bicyclic) bond motifs is 1. The Kier molecular flexibility index (Phi) is 5.18. The second kappa shape index (κ2) is 7.26. The number of alkyl halides is 3. The first-order chi connectivity index (χ1) is 12.6. The van der Waals surface area contributed by atoms with Crippen molar-refractivity contribution in [3.05, 3.63) is 53.1 Å². The number of hydrogen-bond acceptors (Lipinski definition) is 3. The molecule has 5 nitrogen and oxygen atoms in total. The predicted molar refractivity (Wildman–Crippen MR) is 85.3 cm³/mol. The molecule has 2 aromatic rings. The quantitative estimate of drug-likeness (QED) is 0.819. The highest BCUT2D eigenvalue weighted by Gasteiger charge is 2.36. The largest absolute Gasteiger partial charge is 0.434 e. The van der Waals surface area contributed by atoms with Crippen molar-refractivity contribution < 1.29 is 26.7 Å². The molecule has 0 fully saturated rings. The van der Waals surface area contributed by atoms with Crippen molar-refractivity contribution in [1.29, 1.82) is 0 Å². The molecule has 1 aromatic heterocycles. The van der Waals surface area contributed by atoms with Crippen LogP contribution in [0.1, 0.15) is 23.5 Å². The van der Waals surface area contributed by atoms with Crippen molar-refractivity contribution in [1.82, 2.24) is 14.5 Å². The number of carbonyl (C=O) groups is 1. The first kappa shape index (κ1) is 19.3. The summed E-state index contributed by atoms with van der Waals surface area (Å²) in [6, 6.07) is 2.41. The van der Waals surface area contributed by atoms with E-state index < -0.39 is 29.5 Å². The van der Waals surface area contributed by atoms with Crippen LogP contribution in [0.2, 0.25) is 0 Å². The molecule has 0 aliphatic carbocycles. The zero-order valence-electron chi connectivity index (χ0n) is 14.1. The number of nitrogens with zero attached hydrogens (tertiary/aromatic N) is 3. The summed E-state index contributed by atoms with van der Waals surface area (Å²) >= 11 is 0. The van der Waals surface area contributed by atoms with E-state index in [0.717, 1.165) is 18.3 Å². The van der Waals surface area contributed by atoms with Crippen LogP contribution in [0.25, 0.3) is 0 Å². The molecule has 2 heterocycles. The average Bonchev–Trinajstić information content (AvgIpc) is 3.01. The highest BCUT2D eigenvalue weighted by molar-refractivity contribution is 5.76. The Bertz CT molecular complexity index is 848. The third kappa shape index (κ3) is 4.44. The zero-order chi connectivity index (χ0) is 19.8. The Morgan fingerprint density at radius 2 is 2.00 bits per heavy atom. The Morgan fingerprint density at radius 3 is 2.67 bits per heavy atom. The van der Waals surface area contributed by atoms with E-state index in [1.165, 1.54) is 15.5 Å². The van der Waals surface area contributed by atoms with Crippen molar-refractivity contribution in [2.75, 3.05) is 6.54 Å². The van der Waals surface area contributed by atoms with Gasteiger partial charge in [-0.2, -0.15) is 13.2 Å². The molecule has 0 radical (unpaired) electrons. The van der Waals surface area contributed by atoms with E-state index in [1.54, 1.807) is 0 Å². The van der Waals surface area contributed by atoms with Crippen molar-refractivity contribution in [3.63, 3.8) is 0 Å². The number of hydrogen-bond donors (Lipinski definition) is 1. The molecule has 1 aromatic carbocycles. The summed E-state index contributed by atoms with van der Waals surface area (Å²) in [5.74, 6) is -1.64. The SMILES string of the molecule is NC(CC(=O)N1CCn2cc(C(F)(F)F)nc2C1)Cc1ccc(F)cc1F. The number of halogens is 5. The van der Waals surface area contributed by atoms with Gasteiger partial charge in [-0.1, -0.05) is 6.07 Å². The van der Waals surface area contributed by atoms with Crippen LogP contribution in [0.3, 0.4) is 0 Å². The minimum absolute atomic E-state index is 0.0402. The number of nitrogens with two attached hydrogens (primary N) is 1. The van der Waals surface area contributed by atoms with Crippen molar-refractivity contribution in [2.45, 2.75) is 38.1 Å². The molecular weight excluding hydrogens is 371 g/mol. The predicted octanol–water partition coefficient (Wildman–Crippen LogP) is 2.48. The molecule has 1 atom stereocenters. The Hall–Kier alpha value is -2.49. The van der Waals surface area contributed by atoms with Gasteiger partial charge in [0.25, 0.3) is 0 Å². The van der Waals surface area contributed by atoms with E-state index in [-0.39, 0.29) is 49.8 Å². The molecule has 1 unspecified atom stereocenters. The van der Waals surface area contributed by atoms with Crippen molar-refractivity contribution in [2.24, 2.45) is 5.73 Å². The maximum Gasteiger partial charge on any atom is 0.434 e. The van der Waals surface area contributed by atoms with Crippen LogP contribution in [-0.2, 0) is 30.5 Å². The molecule has 1 aliphatic rings. The van der Waals surface area contributed by atoms with Crippen LogP contribution < -0.4 is 5.73 Å². The van der Waals surface area contributed by atoms with Gasteiger partial charge in [-0.05, 0) is 18.1 Å². The van der Waals surface area contributed by atoms with Crippen molar-refractivity contribution in [3.8, 4) is 0 Å². The van der Waals surface area contributed by atoms with Crippen LogP contribution in [0, 0.1) is 11.6 Å². The molecule has 1 aliphatic heterocycles. The molecule has 146 valence electrons. The van der Waals surface area contributed by atoms with Crippen LogP contribution >= 0.6 is 0 Å². The van der Waals surface area contributed by atoms with E-state index in [4.69, 9.17) is 5.73 Å². The number of aromatic nitrogens is 2. The lowest BCUT2D eigenvalue weighted by atomic mass is 10.0. The van der Waals surface area contributed by atoms with E-state index in [9.17, 15) is 26.7 Å². The smallest absolute Gasteiger partial charge is 0.333 e. The first-order valence-corrected chi connectivity index (χ1v) is 8.24. The summed E-state index contributed by atoms with van der Waals surface area (Å²) in [6.07, 6.45) is -3.68. The Labute approximate surface area is 151 Å². The molecule has 2 N–H and O–H groups in total. The fourth-order valence-corrected chi connectivity index (χ4v) is 3.00. The van der Waals surface area contributed by atoms with Gasteiger partial charge in [-0.15, -0.1) is 0 Å². The molecule has 0 saturated heterocycles. The maximum atomic E-state index is 13.7. The van der Waals surface area contributed by atoms with Crippen LogP contribution in [0.4, 0.5) is 22.0 Å². The number of imidazole rings is 1. The lowest BCUT2D eigenvalue weighted by molar-refractivity contribution is -0.141. The van der Waals surface area contributed by atoms with Crippen molar-refractivity contribution >= 4 is 5.91 Å². The fourth-order valence-electron chi connectivity index (χ4n) is 3.00. The summed E-state index contributed by atoms with van der Waals surface area (Å²) < 4.78 is 66.2. The standard InChI is InChI=1S/C17H17F5N4O/c18-11-2-1-10(13(19)6-11)5-12(23)7-16(27)26-4-3-25-8-14(17(20,21)22)24-15(25)9-26/h1-2,6,8,12H,3-5,7,9,23H2. The van der Waals surface area contributed by atoms with Gasteiger partial charge in [-0.3, -0.25) is 4.79 Å². The summed E-state index contributed by atoms with van der Waals surface area (Å²) in [5, 5.41) is 0. The molecule has 3 rings (SSSR count). The van der Waals surface area contributed by atoms with Gasteiger partial charge in [0.1, 0.15) is 17.5 Å². The molecule has 0 saturated carbocycles. The lowest BCUT2D eigenvalue weighted by Gasteiger charge is -2.28. The van der Waals surface area contributed by atoms with Gasteiger partial charge in [0.05, 0.1) is 6.54 Å². The number of rotatable bonds is 4. The zero-order valence-corrected chi connectivity index (χ0v) is 14.1. The summed E-state index contributed by atoms with van der Waals surface area (Å²) in [4.78, 5) is 17.3. The number of carbonyl (C=O) groups excluding carboxylic acids is 1.